The maximum atomic E-state index is 14.1. The average Bonchev–Trinajstić information content (AvgIpc) is 3.48. The van der Waals surface area contributed by atoms with Crippen molar-refractivity contribution in [3.8, 4) is 0 Å². The summed E-state index contributed by atoms with van der Waals surface area (Å²) in [4.78, 5) is 39.7. The van der Waals surface area contributed by atoms with Gasteiger partial charge in [-0.1, -0.05) is 20.8 Å². The number of ketones is 1. The van der Waals surface area contributed by atoms with Gasteiger partial charge in [0.25, 0.3) is 0 Å². The van der Waals surface area contributed by atoms with Gasteiger partial charge < -0.3 is 28.8 Å². The maximum Gasteiger partial charge on any atom is 0.309 e. The van der Waals surface area contributed by atoms with Crippen LogP contribution in [0.25, 0.3) is 0 Å². The number of aliphatic hydroxyl groups is 2. The molecule has 196 valence electrons. The lowest BCUT2D eigenvalue weighted by Crippen LogP contribution is -2.84. The molecule has 3 unspecified atom stereocenters. The number of Topliss-reactive ketones (excluding diaryl/α,β-unsaturated/α-hetero) is 1. The highest BCUT2D eigenvalue weighted by molar-refractivity contribution is 5.93. The third-order valence-corrected chi connectivity index (χ3v) is 11.2. The molecular weight excluding hydrogens is 468 g/mol. The lowest BCUT2D eigenvalue weighted by atomic mass is 9.35. The van der Waals surface area contributed by atoms with Gasteiger partial charge in [0.2, 0.25) is 0 Å². The maximum absolute atomic E-state index is 14.1. The van der Waals surface area contributed by atoms with Crippen molar-refractivity contribution in [2.75, 3.05) is 7.11 Å². The fourth-order valence-corrected chi connectivity index (χ4v) is 9.30. The summed E-state index contributed by atoms with van der Waals surface area (Å²) in [5, 5.41) is 25.5. The fraction of sp³-hybridized carbons (Fsp3) is 0.741. The molecule has 0 amide bonds. The zero-order chi connectivity index (χ0) is 26.1. The molecule has 0 radical (unpaired) electrons. The van der Waals surface area contributed by atoms with E-state index in [1.165, 1.54) is 19.6 Å². The summed E-state index contributed by atoms with van der Waals surface area (Å²) < 4.78 is 22.9. The van der Waals surface area contributed by atoms with Crippen LogP contribution in [0.5, 0.6) is 0 Å². The second-order valence-corrected chi connectivity index (χ2v) is 12.6. The lowest BCUT2D eigenvalue weighted by Gasteiger charge is -2.71. The Bertz CT molecular complexity index is 1160. The lowest BCUT2D eigenvalue weighted by molar-refractivity contribution is -0.358. The van der Waals surface area contributed by atoms with Gasteiger partial charge in [-0.25, -0.2) is 0 Å². The highest BCUT2D eigenvalue weighted by Crippen LogP contribution is 2.78. The number of rotatable bonds is 3. The van der Waals surface area contributed by atoms with Crippen molar-refractivity contribution in [3.05, 3.63) is 24.2 Å². The van der Waals surface area contributed by atoms with Gasteiger partial charge in [0.05, 0.1) is 37.6 Å². The zero-order valence-electron chi connectivity index (χ0n) is 21.3. The Morgan fingerprint density at radius 3 is 2.50 bits per heavy atom. The van der Waals surface area contributed by atoms with E-state index in [0.717, 1.165) is 0 Å². The molecule has 9 atom stereocenters. The summed E-state index contributed by atoms with van der Waals surface area (Å²) in [6.07, 6.45) is 1.60. The van der Waals surface area contributed by atoms with E-state index in [9.17, 15) is 24.6 Å². The number of hydrogen-bond donors (Lipinski definition) is 2. The van der Waals surface area contributed by atoms with Crippen molar-refractivity contribution in [1.29, 1.82) is 0 Å². The predicted molar refractivity (Wildman–Crippen MR) is 122 cm³/mol. The molecule has 2 saturated heterocycles. The number of hydrogen-bond acceptors (Lipinski definition) is 9. The molecule has 5 aliphatic rings. The number of cyclic esters (lactones) is 1. The summed E-state index contributed by atoms with van der Waals surface area (Å²) in [6.45, 7) is 7.49. The van der Waals surface area contributed by atoms with Crippen molar-refractivity contribution in [2.45, 2.75) is 88.8 Å². The van der Waals surface area contributed by atoms with Crippen molar-refractivity contribution >= 4 is 17.7 Å². The first-order valence-electron chi connectivity index (χ1n) is 12.7. The highest BCUT2D eigenvalue weighted by atomic mass is 16.6. The number of ether oxygens (including phenoxy) is 3. The van der Waals surface area contributed by atoms with Gasteiger partial charge in [-0.2, -0.15) is 0 Å². The van der Waals surface area contributed by atoms with E-state index in [4.69, 9.17) is 18.6 Å². The summed E-state index contributed by atoms with van der Waals surface area (Å²) >= 11 is 0. The highest BCUT2D eigenvalue weighted by Gasteiger charge is 2.89. The summed E-state index contributed by atoms with van der Waals surface area (Å²) in [5.41, 5.74) is -7.76. The molecule has 5 fully saturated rings. The van der Waals surface area contributed by atoms with Gasteiger partial charge in [0.1, 0.15) is 28.7 Å². The molecule has 3 aliphatic carbocycles. The molecule has 1 spiro atoms. The average molecular weight is 503 g/mol. The molecule has 0 aromatic carbocycles. The molecule has 3 bridgehead atoms. The topological polar surface area (TPSA) is 132 Å². The molecule has 36 heavy (non-hydrogen) atoms. The number of furan rings is 1. The van der Waals surface area contributed by atoms with Crippen molar-refractivity contribution in [2.24, 2.45) is 28.1 Å². The predicted octanol–water partition coefficient (Wildman–Crippen LogP) is 2.48. The van der Waals surface area contributed by atoms with Crippen LogP contribution in [-0.2, 0) is 28.6 Å². The van der Waals surface area contributed by atoms with Crippen molar-refractivity contribution in [3.63, 3.8) is 0 Å². The van der Waals surface area contributed by atoms with Gasteiger partial charge in [0, 0.05) is 23.3 Å². The molecule has 9 nitrogen and oxygen atoms in total. The summed E-state index contributed by atoms with van der Waals surface area (Å²) in [7, 11) is 1.30. The van der Waals surface area contributed by atoms with Crippen LogP contribution in [0.1, 0.15) is 71.5 Å². The molecular formula is C27H34O9. The van der Waals surface area contributed by atoms with Gasteiger partial charge >= 0.3 is 11.9 Å². The second kappa shape index (κ2) is 6.79. The Balaban J connectivity index is 1.58. The quantitative estimate of drug-likeness (QED) is 0.598. The SMILES string of the molecule is COC(=O)CC1C(C)(C)C2O[C@@]34CC2C(=O)[C@]1(C)[C@@]3(O)CC[C@@]1(C)[C@@H](c2ccoc2)OC(=O)C[C@@]41O. The van der Waals surface area contributed by atoms with E-state index in [1.807, 2.05) is 20.8 Å². The third-order valence-electron chi connectivity index (χ3n) is 11.2. The number of carbonyl (C=O) groups is 3. The van der Waals surface area contributed by atoms with E-state index in [-0.39, 0.29) is 37.9 Å². The Hall–Kier alpha value is -2.23. The normalized spacial score (nSPS) is 50.3. The Kier molecular flexibility index (Phi) is 4.55. The molecule has 1 aromatic heterocycles. The number of methoxy groups -OCH3 is 1. The first-order valence-corrected chi connectivity index (χ1v) is 12.7. The van der Waals surface area contributed by atoms with Crippen LogP contribution >= 0.6 is 0 Å². The minimum absolute atomic E-state index is 0.0634. The third kappa shape index (κ3) is 2.28. The Morgan fingerprint density at radius 2 is 1.86 bits per heavy atom. The van der Waals surface area contributed by atoms with Gasteiger partial charge in [-0.15, -0.1) is 0 Å². The van der Waals surface area contributed by atoms with Gasteiger partial charge in [-0.3, -0.25) is 14.4 Å². The summed E-state index contributed by atoms with van der Waals surface area (Å²) in [6, 6.07) is 1.70. The standard InChI is InChI=1S/C27H34O9/c1-22(2)16(10-17(28)33-5)24(4)19(30)15-11-27(36-21(15)22)25(24,31)8-7-23(3)20(14-6-9-34-13-14)35-18(29)12-26(23,27)32/h6,9,13,15-16,20-21,31-32H,7-8,10-12H2,1-5H3/t15?,16?,20-,21?,23+,24-,25+,26+,27+/m1/s1. The van der Waals surface area contributed by atoms with Gasteiger partial charge in [-0.05, 0) is 43.6 Å². The van der Waals surface area contributed by atoms with E-state index in [1.54, 1.807) is 13.0 Å². The van der Waals surface area contributed by atoms with Crippen molar-refractivity contribution < 1.29 is 43.2 Å². The molecule has 9 heteroatoms. The van der Waals surface area contributed by atoms with Crippen LogP contribution in [0, 0.1) is 28.1 Å². The van der Waals surface area contributed by atoms with Crippen LogP contribution < -0.4 is 0 Å². The fourth-order valence-electron chi connectivity index (χ4n) is 9.30. The molecule has 3 saturated carbocycles. The smallest absolute Gasteiger partial charge is 0.309 e. The number of fused-ring (bicyclic) bond motifs is 3. The second-order valence-electron chi connectivity index (χ2n) is 12.6. The largest absolute Gasteiger partial charge is 0.472 e. The first kappa shape index (κ1) is 24.1. The van der Waals surface area contributed by atoms with Crippen LogP contribution in [0.4, 0.5) is 0 Å². The Labute approximate surface area is 209 Å². The number of esters is 2. The zero-order valence-corrected chi connectivity index (χ0v) is 21.3. The van der Waals surface area contributed by atoms with Crippen LogP contribution in [0.3, 0.4) is 0 Å². The monoisotopic (exact) mass is 502 g/mol. The van der Waals surface area contributed by atoms with E-state index in [2.05, 4.69) is 0 Å². The van der Waals surface area contributed by atoms with E-state index >= 15 is 0 Å². The van der Waals surface area contributed by atoms with Crippen LogP contribution in [-0.4, -0.2) is 58.0 Å². The number of carbonyl (C=O) groups excluding carboxylic acids is 3. The first-order chi connectivity index (χ1) is 16.7. The minimum atomic E-state index is -1.84. The molecule has 3 heterocycles. The molecule has 2 aliphatic heterocycles. The van der Waals surface area contributed by atoms with Crippen LogP contribution in [0.2, 0.25) is 0 Å². The summed E-state index contributed by atoms with van der Waals surface area (Å²) in [5.74, 6) is -2.39. The van der Waals surface area contributed by atoms with E-state index < -0.39 is 69.0 Å². The molecule has 1 aromatic rings. The van der Waals surface area contributed by atoms with Crippen molar-refractivity contribution in [1.82, 2.24) is 0 Å². The van der Waals surface area contributed by atoms with Gasteiger partial charge in [0.15, 0.2) is 0 Å². The minimum Gasteiger partial charge on any atom is -0.472 e. The van der Waals surface area contributed by atoms with Crippen LogP contribution in [0.15, 0.2) is 23.0 Å². The Morgan fingerprint density at radius 1 is 1.14 bits per heavy atom. The molecule has 6 rings (SSSR count). The molecule has 2 N–H and O–H groups in total. The van der Waals surface area contributed by atoms with E-state index in [0.29, 0.717) is 5.56 Å².